The maximum atomic E-state index is 10.5. The number of rotatable bonds is 2. The van der Waals surface area contributed by atoms with E-state index in [1.54, 1.807) is 12.1 Å². The molecule has 12 heavy (non-hydrogen) atoms. The van der Waals surface area contributed by atoms with Crippen LogP contribution in [-0.2, 0) is 0 Å². The summed E-state index contributed by atoms with van der Waals surface area (Å²) in [7, 11) is 0. The molecule has 0 radical (unpaired) electrons. The van der Waals surface area contributed by atoms with E-state index in [-0.39, 0.29) is 11.3 Å². The van der Waals surface area contributed by atoms with Crippen LogP contribution >= 0.6 is 21.0 Å². The van der Waals surface area contributed by atoms with Crippen LogP contribution in [0.15, 0.2) is 18.2 Å². The first-order valence-electron chi connectivity index (χ1n) is 3.08. The highest BCUT2D eigenvalue weighted by molar-refractivity contribution is 14.2. The molecular weight excluding hydrogens is 271 g/mol. The molecule has 0 unspecified atom stereocenters. The number of nitrogens with two attached hydrogens (primary N) is 1. The van der Waals surface area contributed by atoms with Crippen molar-refractivity contribution < 1.29 is 9.90 Å². The number of carbonyl (C=O) groups is 1. The molecule has 0 fully saturated rings. The first kappa shape index (κ1) is 9.11. The molecule has 0 heterocycles. The van der Waals surface area contributed by atoms with Crippen LogP contribution in [0.4, 0.5) is 5.69 Å². The molecule has 1 rings (SSSR count). The van der Waals surface area contributed by atoms with Crippen LogP contribution in [0.25, 0.3) is 0 Å². The maximum absolute atomic E-state index is 10.5. The summed E-state index contributed by atoms with van der Waals surface area (Å²) in [6.45, 7) is 0. The number of benzene rings is 1. The zero-order valence-electron chi connectivity index (χ0n) is 6.04. The smallest absolute Gasteiger partial charge is 0.337 e. The summed E-state index contributed by atoms with van der Waals surface area (Å²) in [6, 6.07) is 4.64. The lowest BCUT2D eigenvalue weighted by Gasteiger charge is -1.99. The fourth-order valence-electron chi connectivity index (χ4n) is 0.787. The molecule has 1 aromatic carbocycles. The zero-order valence-corrected chi connectivity index (χ0v) is 8.20. The summed E-state index contributed by atoms with van der Waals surface area (Å²) in [5.41, 5.74) is 5.80. The molecule has 0 saturated heterocycles. The molecule has 1 aromatic rings. The minimum absolute atomic E-state index is 0.108. The molecule has 0 spiro atoms. The predicted molar refractivity (Wildman–Crippen MR) is 53.3 cm³/mol. The first-order chi connectivity index (χ1) is 5.65. The highest BCUT2D eigenvalue weighted by Crippen LogP contribution is 2.18. The Hall–Kier alpha value is -0.980. The summed E-state index contributed by atoms with van der Waals surface area (Å²) in [6.07, 6.45) is 0. The van der Waals surface area contributed by atoms with Crippen molar-refractivity contribution in [3.8, 4) is 0 Å². The number of aromatic carboxylic acids is 1. The molecule has 0 aliphatic heterocycles. The fraction of sp³-hybridized carbons (Fsp3) is 0. The molecule has 0 aliphatic carbocycles. The standard InChI is InChI=1S/C7H7IN2O2/c9-6-3-4(8-10)1-2-5(6)7(11)12/h1-3,10H,9H2,(H,11,12). The van der Waals surface area contributed by atoms with Crippen molar-refractivity contribution in [3.05, 3.63) is 27.3 Å². The van der Waals surface area contributed by atoms with Gasteiger partial charge in [0.1, 0.15) is 0 Å². The number of carboxylic acid groups (broad SMARTS) is 1. The van der Waals surface area contributed by atoms with Crippen LogP contribution in [0.5, 0.6) is 0 Å². The van der Waals surface area contributed by atoms with Gasteiger partial charge in [0.25, 0.3) is 0 Å². The number of hydrogen-bond acceptors (Lipinski definition) is 3. The first-order valence-corrected chi connectivity index (χ1v) is 5.24. The third-order valence-electron chi connectivity index (χ3n) is 1.35. The Morgan fingerprint density at radius 3 is 2.67 bits per heavy atom. The summed E-state index contributed by atoms with van der Waals surface area (Å²) in [5.74, 6) is -1.03. The molecule has 0 aromatic heterocycles. The number of hydrogen-bond donors (Lipinski definition) is 3. The summed E-state index contributed by atoms with van der Waals surface area (Å²) in [5, 5.41) is 8.61. The van der Waals surface area contributed by atoms with E-state index < -0.39 is 27.0 Å². The van der Waals surface area contributed by atoms with Gasteiger partial charge in [0, 0.05) is 30.3 Å². The normalized spacial score (nSPS) is 9.67. The Balaban J connectivity index is 3.20. The summed E-state index contributed by atoms with van der Waals surface area (Å²) < 4.78 is 7.96. The van der Waals surface area contributed by atoms with Crippen molar-refractivity contribution in [2.24, 2.45) is 0 Å². The van der Waals surface area contributed by atoms with E-state index in [9.17, 15) is 4.79 Å². The van der Waals surface area contributed by atoms with Gasteiger partial charge in [0.05, 0.1) is 5.56 Å². The topological polar surface area (TPSA) is 87.2 Å². The SMILES string of the molecule is N=Ic1ccc(C(=O)O)c(N)c1. The van der Waals surface area contributed by atoms with Gasteiger partial charge in [-0.3, -0.25) is 3.56 Å². The van der Waals surface area contributed by atoms with Crippen LogP contribution in [-0.4, -0.2) is 11.1 Å². The van der Waals surface area contributed by atoms with E-state index >= 15 is 0 Å². The van der Waals surface area contributed by atoms with Crippen LogP contribution in [0, 0.1) is 7.13 Å². The molecule has 0 aliphatic rings. The second kappa shape index (κ2) is 3.61. The van der Waals surface area contributed by atoms with E-state index in [1.807, 2.05) is 0 Å². The lowest BCUT2D eigenvalue weighted by Crippen LogP contribution is -2.01. The van der Waals surface area contributed by atoms with E-state index in [2.05, 4.69) is 0 Å². The molecule has 0 bridgehead atoms. The van der Waals surface area contributed by atoms with Gasteiger partial charge in [0.15, 0.2) is 0 Å². The van der Waals surface area contributed by atoms with Gasteiger partial charge in [-0.05, 0) is 18.2 Å². The van der Waals surface area contributed by atoms with Gasteiger partial charge in [-0.15, -0.1) is 0 Å². The van der Waals surface area contributed by atoms with E-state index in [4.69, 9.17) is 14.4 Å². The van der Waals surface area contributed by atoms with Crippen molar-refractivity contribution in [2.75, 3.05) is 5.73 Å². The van der Waals surface area contributed by atoms with Crippen LogP contribution in [0.1, 0.15) is 10.4 Å². The fourth-order valence-corrected chi connectivity index (χ4v) is 1.64. The molecule has 4 nitrogen and oxygen atoms in total. The highest BCUT2D eigenvalue weighted by Gasteiger charge is 2.06. The quantitative estimate of drug-likeness (QED) is 0.570. The van der Waals surface area contributed by atoms with Crippen LogP contribution < -0.4 is 5.73 Å². The Morgan fingerprint density at radius 1 is 1.58 bits per heavy atom. The Kier molecular flexibility index (Phi) is 2.74. The third kappa shape index (κ3) is 1.79. The summed E-state index contributed by atoms with van der Waals surface area (Å²) >= 11 is -0.763. The second-order valence-electron chi connectivity index (χ2n) is 2.13. The van der Waals surface area contributed by atoms with Gasteiger partial charge < -0.3 is 10.8 Å². The molecule has 0 saturated carbocycles. The molecule has 4 N–H and O–H groups in total. The minimum atomic E-state index is -1.03. The van der Waals surface area contributed by atoms with Crippen LogP contribution in [0.2, 0.25) is 0 Å². The average Bonchev–Trinajstić information content (AvgIpc) is 2.03. The lowest BCUT2D eigenvalue weighted by molar-refractivity contribution is 0.0698. The molecule has 5 heteroatoms. The molecule has 0 amide bonds. The Labute approximate surface area is 79.3 Å². The number of carboxylic acids is 1. The monoisotopic (exact) mass is 278 g/mol. The largest absolute Gasteiger partial charge is 0.478 e. The van der Waals surface area contributed by atoms with Gasteiger partial charge in [0.2, 0.25) is 0 Å². The predicted octanol–water partition coefficient (Wildman–Crippen LogP) is 1.87. The van der Waals surface area contributed by atoms with Crippen molar-refractivity contribution in [1.29, 1.82) is 3.56 Å². The maximum Gasteiger partial charge on any atom is 0.337 e. The van der Waals surface area contributed by atoms with Crippen molar-refractivity contribution in [3.63, 3.8) is 0 Å². The van der Waals surface area contributed by atoms with Gasteiger partial charge in [-0.1, -0.05) is 0 Å². The van der Waals surface area contributed by atoms with Crippen LogP contribution in [0.3, 0.4) is 0 Å². The Morgan fingerprint density at radius 2 is 2.25 bits per heavy atom. The highest BCUT2D eigenvalue weighted by atomic mass is 127. The molecular formula is C7H7IN2O2. The van der Waals surface area contributed by atoms with E-state index in [0.29, 0.717) is 0 Å². The van der Waals surface area contributed by atoms with Gasteiger partial charge in [-0.2, -0.15) is 0 Å². The lowest BCUT2D eigenvalue weighted by atomic mass is 10.2. The van der Waals surface area contributed by atoms with E-state index in [0.717, 1.165) is 3.57 Å². The number of nitrogens with one attached hydrogen (secondary N) is 1. The zero-order chi connectivity index (χ0) is 9.14. The van der Waals surface area contributed by atoms with Crippen molar-refractivity contribution in [2.45, 2.75) is 0 Å². The van der Waals surface area contributed by atoms with Crippen molar-refractivity contribution >= 4 is 32.7 Å². The minimum Gasteiger partial charge on any atom is -0.478 e. The number of nitrogen functional groups attached to an aromatic ring is 1. The second-order valence-corrected chi connectivity index (χ2v) is 3.92. The Bertz CT molecular complexity index is 338. The molecule has 0 atom stereocenters. The average molecular weight is 278 g/mol. The van der Waals surface area contributed by atoms with Gasteiger partial charge >= 0.3 is 5.97 Å². The number of anilines is 1. The molecule has 64 valence electrons. The number of halogens is 1. The summed E-state index contributed by atoms with van der Waals surface area (Å²) in [4.78, 5) is 10.5. The van der Waals surface area contributed by atoms with Gasteiger partial charge in [-0.25, -0.2) is 4.79 Å². The van der Waals surface area contributed by atoms with E-state index in [1.165, 1.54) is 6.07 Å². The third-order valence-corrected chi connectivity index (χ3v) is 2.65. The van der Waals surface area contributed by atoms with Crippen molar-refractivity contribution in [1.82, 2.24) is 0 Å².